The molecule has 4 nitrogen and oxygen atoms in total. The van der Waals surface area contributed by atoms with E-state index in [2.05, 4.69) is 6.92 Å². The molecule has 1 N–H and O–H groups in total. The number of carbonyl (C=O) groups is 1. The highest BCUT2D eigenvalue weighted by Crippen LogP contribution is 2.29. The molecule has 3 aromatic rings. The van der Waals surface area contributed by atoms with Gasteiger partial charge in [-0.1, -0.05) is 45.4 Å². The van der Waals surface area contributed by atoms with E-state index in [1.165, 1.54) is 38.5 Å². The lowest BCUT2D eigenvalue weighted by Crippen LogP contribution is -1.97. The summed E-state index contributed by atoms with van der Waals surface area (Å²) < 4.78 is 11.7. The molecule has 0 amide bonds. The van der Waals surface area contributed by atoms with E-state index in [1.54, 1.807) is 18.2 Å². The highest BCUT2D eigenvalue weighted by atomic mass is 16.5. The van der Waals surface area contributed by atoms with Crippen LogP contribution in [0.4, 0.5) is 0 Å². The third-order valence-corrected chi connectivity index (χ3v) is 4.92. The minimum atomic E-state index is -0.938. The maximum Gasteiger partial charge on any atom is 0.335 e. The molecule has 0 unspecified atom stereocenters. The molecule has 2 aromatic carbocycles. The van der Waals surface area contributed by atoms with Crippen LogP contribution in [-0.2, 0) is 0 Å². The van der Waals surface area contributed by atoms with Crippen molar-refractivity contribution in [3.63, 3.8) is 0 Å². The molecule has 148 valence electrons. The number of rotatable bonds is 11. The molecule has 0 fully saturated rings. The van der Waals surface area contributed by atoms with E-state index < -0.39 is 5.97 Å². The Bertz CT molecular complexity index is 893. The van der Waals surface area contributed by atoms with Crippen molar-refractivity contribution in [1.82, 2.24) is 0 Å². The average molecular weight is 380 g/mol. The van der Waals surface area contributed by atoms with Gasteiger partial charge in [-0.05, 0) is 55.0 Å². The van der Waals surface area contributed by atoms with Crippen LogP contribution in [0.5, 0.6) is 5.75 Å². The van der Waals surface area contributed by atoms with Crippen molar-refractivity contribution in [2.75, 3.05) is 6.61 Å². The topological polar surface area (TPSA) is 59.7 Å². The van der Waals surface area contributed by atoms with Gasteiger partial charge in [0.1, 0.15) is 17.1 Å². The summed E-state index contributed by atoms with van der Waals surface area (Å²) in [4.78, 5) is 11.1. The van der Waals surface area contributed by atoms with Gasteiger partial charge >= 0.3 is 5.97 Å². The van der Waals surface area contributed by atoms with Crippen LogP contribution in [0.25, 0.3) is 22.3 Å². The quantitative estimate of drug-likeness (QED) is 0.366. The standard InChI is InChI=1S/C24H28O4/c1-2-3-4-5-6-7-8-15-27-21-12-9-18(10-13-21)23-17-20-16-19(24(25)26)11-14-22(20)28-23/h9-14,16-17H,2-8,15H2,1H3,(H,25,26). The van der Waals surface area contributed by atoms with Gasteiger partial charge < -0.3 is 14.3 Å². The molecule has 0 aliphatic heterocycles. The molecule has 4 heteroatoms. The summed E-state index contributed by atoms with van der Waals surface area (Å²) in [7, 11) is 0. The van der Waals surface area contributed by atoms with Crippen molar-refractivity contribution in [3.05, 3.63) is 54.1 Å². The fraction of sp³-hybridized carbons (Fsp3) is 0.375. The number of hydrogen-bond donors (Lipinski definition) is 1. The maximum absolute atomic E-state index is 11.1. The van der Waals surface area contributed by atoms with Crippen LogP contribution >= 0.6 is 0 Å². The first kappa shape index (κ1) is 20.0. The van der Waals surface area contributed by atoms with E-state index in [-0.39, 0.29) is 5.56 Å². The van der Waals surface area contributed by atoms with Gasteiger partial charge in [0.05, 0.1) is 12.2 Å². The van der Waals surface area contributed by atoms with E-state index in [4.69, 9.17) is 14.3 Å². The van der Waals surface area contributed by atoms with Crippen LogP contribution in [0.15, 0.2) is 52.9 Å². The minimum Gasteiger partial charge on any atom is -0.494 e. The van der Waals surface area contributed by atoms with Crippen LogP contribution in [0.2, 0.25) is 0 Å². The maximum atomic E-state index is 11.1. The second kappa shape index (κ2) is 9.98. The lowest BCUT2D eigenvalue weighted by atomic mass is 10.1. The number of aromatic carboxylic acids is 1. The Labute approximate surface area is 166 Å². The van der Waals surface area contributed by atoms with E-state index in [0.717, 1.165) is 35.5 Å². The van der Waals surface area contributed by atoms with Crippen molar-refractivity contribution in [2.45, 2.75) is 51.9 Å². The predicted octanol–water partition coefficient (Wildman–Crippen LogP) is 6.93. The fourth-order valence-electron chi connectivity index (χ4n) is 3.28. The van der Waals surface area contributed by atoms with Gasteiger partial charge in [-0.25, -0.2) is 4.79 Å². The smallest absolute Gasteiger partial charge is 0.335 e. The Kier molecular flexibility index (Phi) is 7.12. The lowest BCUT2D eigenvalue weighted by molar-refractivity contribution is 0.0697. The lowest BCUT2D eigenvalue weighted by Gasteiger charge is -2.06. The number of fused-ring (bicyclic) bond motifs is 1. The molecule has 0 saturated heterocycles. The zero-order valence-corrected chi connectivity index (χ0v) is 16.4. The minimum absolute atomic E-state index is 0.258. The highest BCUT2D eigenvalue weighted by Gasteiger charge is 2.10. The predicted molar refractivity (Wildman–Crippen MR) is 112 cm³/mol. The summed E-state index contributed by atoms with van der Waals surface area (Å²) in [5.74, 6) is 0.641. The van der Waals surface area contributed by atoms with Gasteiger partial charge in [0, 0.05) is 10.9 Å². The van der Waals surface area contributed by atoms with Gasteiger partial charge in [0.2, 0.25) is 0 Å². The van der Waals surface area contributed by atoms with Gasteiger partial charge in [-0.2, -0.15) is 0 Å². The van der Waals surface area contributed by atoms with Crippen molar-refractivity contribution < 1.29 is 19.1 Å². The van der Waals surface area contributed by atoms with Gasteiger partial charge in [0.15, 0.2) is 0 Å². The molecule has 0 spiro atoms. The van der Waals surface area contributed by atoms with E-state index >= 15 is 0 Å². The second-order valence-corrected chi connectivity index (χ2v) is 7.16. The van der Waals surface area contributed by atoms with Gasteiger partial charge in [-0.15, -0.1) is 0 Å². The normalized spacial score (nSPS) is 11.0. The van der Waals surface area contributed by atoms with Crippen LogP contribution in [0, 0.1) is 0 Å². The number of furan rings is 1. The van der Waals surface area contributed by atoms with E-state index in [1.807, 2.05) is 30.3 Å². The number of ether oxygens (including phenoxy) is 1. The molecular weight excluding hydrogens is 352 g/mol. The molecule has 0 aliphatic rings. The molecular formula is C24H28O4. The molecule has 0 saturated carbocycles. The number of carboxylic acids is 1. The van der Waals surface area contributed by atoms with Crippen molar-refractivity contribution in [1.29, 1.82) is 0 Å². The Morgan fingerprint density at radius 3 is 2.36 bits per heavy atom. The first-order valence-corrected chi connectivity index (χ1v) is 10.2. The summed E-state index contributed by atoms with van der Waals surface area (Å²) in [5.41, 5.74) is 1.88. The zero-order chi connectivity index (χ0) is 19.8. The highest BCUT2D eigenvalue weighted by molar-refractivity contribution is 5.94. The molecule has 1 aromatic heterocycles. The third-order valence-electron chi connectivity index (χ3n) is 4.92. The monoisotopic (exact) mass is 380 g/mol. The third kappa shape index (κ3) is 5.38. The van der Waals surface area contributed by atoms with Gasteiger partial charge in [-0.3, -0.25) is 0 Å². The summed E-state index contributed by atoms with van der Waals surface area (Å²) >= 11 is 0. The summed E-state index contributed by atoms with van der Waals surface area (Å²) in [6.07, 6.45) is 8.90. The van der Waals surface area contributed by atoms with Crippen LogP contribution < -0.4 is 4.74 Å². The molecule has 28 heavy (non-hydrogen) atoms. The average Bonchev–Trinajstić information content (AvgIpc) is 3.13. The summed E-state index contributed by atoms with van der Waals surface area (Å²) in [5, 5.41) is 9.89. The molecule has 0 bridgehead atoms. The first-order chi connectivity index (χ1) is 13.7. The van der Waals surface area contributed by atoms with Crippen LogP contribution in [0.1, 0.15) is 62.2 Å². The first-order valence-electron chi connectivity index (χ1n) is 10.2. The van der Waals surface area contributed by atoms with E-state index in [9.17, 15) is 4.79 Å². The Morgan fingerprint density at radius 2 is 1.64 bits per heavy atom. The van der Waals surface area contributed by atoms with Crippen molar-refractivity contribution >= 4 is 16.9 Å². The summed E-state index contributed by atoms with van der Waals surface area (Å²) in [6, 6.07) is 14.6. The van der Waals surface area contributed by atoms with Crippen molar-refractivity contribution in [2.24, 2.45) is 0 Å². The van der Waals surface area contributed by atoms with Gasteiger partial charge in [0.25, 0.3) is 0 Å². The Hall–Kier alpha value is -2.75. The number of carboxylic acid groups (broad SMARTS) is 1. The zero-order valence-electron chi connectivity index (χ0n) is 16.4. The number of benzene rings is 2. The number of hydrogen-bond acceptors (Lipinski definition) is 3. The molecule has 1 heterocycles. The fourth-order valence-corrected chi connectivity index (χ4v) is 3.28. The Balaban J connectivity index is 1.51. The molecule has 0 radical (unpaired) electrons. The molecule has 0 atom stereocenters. The van der Waals surface area contributed by atoms with Crippen LogP contribution in [0.3, 0.4) is 0 Å². The SMILES string of the molecule is CCCCCCCCCOc1ccc(-c2cc3cc(C(=O)O)ccc3o2)cc1. The second-order valence-electron chi connectivity index (χ2n) is 7.16. The van der Waals surface area contributed by atoms with Crippen LogP contribution in [-0.4, -0.2) is 17.7 Å². The van der Waals surface area contributed by atoms with E-state index in [0.29, 0.717) is 5.58 Å². The van der Waals surface area contributed by atoms with Crippen molar-refractivity contribution in [3.8, 4) is 17.1 Å². The largest absolute Gasteiger partial charge is 0.494 e. The number of unbranched alkanes of at least 4 members (excludes halogenated alkanes) is 6. The summed E-state index contributed by atoms with van der Waals surface area (Å²) in [6.45, 7) is 2.98. The molecule has 3 rings (SSSR count). The molecule has 0 aliphatic carbocycles. The Morgan fingerprint density at radius 1 is 0.929 bits per heavy atom.